The number of nitrogens with one attached hydrogen (secondary N) is 2. The molecule has 0 amide bonds. The molecule has 1 saturated carbocycles. The lowest BCUT2D eigenvalue weighted by Crippen LogP contribution is -2.50. The van der Waals surface area contributed by atoms with Gasteiger partial charge in [0.2, 0.25) is 0 Å². The summed E-state index contributed by atoms with van der Waals surface area (Å²) in [6.07, 6.45) is 3.46. The number of aliphatic imine (C=N–C) groups is 1. The van der Waals surface area contributed by atoms with Gasteiger partial charge in [-0.1, -0.05) is 18.5 Å². The maximum absolute atomic E-state index is 14.6. The molecule has 3 aliphatic rings. The fraction of sp³-hybridized carbons (Fsp3) is 0.520. The van der Waals surface area contributed by atoms with E-state index in [4.69, 9.17) is 25.8 Å². The van der Waals surface area contributed by atoms with Gasteiger partial charge in [-0.2, -0.15) is 0 Å². The molecule has 4 atom stereocenters. The van der Waals surface area contributed by atoms with Gasteiger partial charge in [-0.3, -0.25) is 0 Å². The molecule has 1 aromatic heterocycles. The number of halogens is 3. The summed E-state index contributed by atoms with van der Waals surface area (Å²) in [5.74, 6) is 0.545. The molecule has 0 spiro atoms. The molecule has 3 heterocycles. The third-order valence-electron chi connectivity index (χ3n) is 7.00. The van der Waals surface area contributed by atoms with Crippen LogP contribution in [0.25, 0.3) is 0 Å². The Balaban J connectivity index is 1.23. The first-order valence-electron chi connectivity index (χ1n) is 11.9. The molecule has 5 rings (SSSR count). The van der Waals surface area contributed by atoms with Crippen molar-refractivity contribution in [1.29, 1.82) is 0 Å². The van der Waals surface area contributed by atoms with Crippen LogP contribution in [0, 0.1) is 30.4 Å². The van der Waals surface area contributed by atoms with E-state index < -0.39 is 11.6 Å². The first-order chi connectivity index (χ1) is 16.9. The Morgan fingerprint density at radius 1 is 1.26 bits per heavy atom. The van der Waals surface area contributed by atoms with Gasteiger partial charge in [-0.15, -0.1) is 0 Å². The molecular weight excluding hydrogens is 478 g/mol. The van der Waals surface area contributed by atoms with Crippen molar-refractivity contribution in [3.05, 3.63) is 46.0 Å². The summed E-state index contributed by atoms with van der Waals surface area (Å²) < 4.78 is 46.5. The third-order valence-corrected chi connectivity index (χ3v) is 7.29. The summed E-state index contributed by atoms with van der Waals surface area (Å²) >= 11 is 6.33. The zero-order chi connectivity index (χ0) is 24.5. The second kappa shape index (κ2) is 10.2. The Morgan fingerprint density at radius 3 is 2.74 bits per heavy atom. The number of pyridine rings is 1. The van der Waals surface area contributed by atoms with E-state index in [0.717, 1.165) is 25.0 Å². The van der Waals surface area contributed by atoms with Crippen LogP contribution in [0.2, 0.25) is 5.02 Å². The topological polar surface area (TPSA) is 77.0 Å². The third kappa shape index (κ3) is 5.22. The Kier molecular flexibility index (Phi) is 7.09. The first-order valence-corrected chi connectivity index (χ1v) is 12.3. The second-order valence-corrected chi connectivity index (χ2v) is 9.91. The van der Waals surface area contributed by atoms with E-state index in [0.29, 0.717) is 35.8 Å². The second-order valence-electron chi connectivity index (χ2n) is 9.50. The molecule has 2 aromatic rings. The van der Waals surface area contributed by atoms with Crippen molar-refractivity contribution in [2.45, 2.75) is 51.5 Å². The van der Waals surface area contributed by atoms with Gasteiger partial charge in [-0.05, 0) is 43.2 Å². The summed E-state index contributed by atoms with van der Waals surface area (Å²) in [6, 6.07) is 4.09. The van der Waals surface area contributed by atoms with E-state index in [1.807, 2.05) is 6.92 Å². The number of hydrogen-bond donors (Lipinski definition) is 2. The van der Waals surface area contributed by atoms with Crippen LogP contribution in [-0.2, 0) is 16.0 Å². The predicted octanol–water partition coefficient (Wildman–Crippen LogP) is 4.77. The number of rotatable bonds is 8. The Morgan fingerprint density at radius 2 is 2.03 bits per heavy atom. The molecule has 188 valence electrons. The summed E-state index contributed by atoms with van der Waals surface area (Å²) in [4.78, 5) is 8.80. The molecule has 0 radical (unpaired) electrons. The molecule has 10 heteroatoms. The van der Waals surface area contributed by atoms with Crippen LogP contribution in [0.4, 0.5) is 20.4 Å². The largest absolute Gasteiger partial charge is 0.488 e. The van der Waals surface area contributed by atoms with Gasteiger partial charge in [0, 0.05) is 37.3 Å². The lowest BCUT2D eigenvalue weighted by Gasteiger charge is -2.28. The van der Waals surface area contributed by atoms with Crippen molar-refractivity contribution in [2.24, 2.45) is 16.8 Å². The van der Waals surface area contributed by atoms with E-state index in [9.17, 15) is 8.78 Å². The summed E-state index contributed by atoms with van der Waals surface area (Å²) in [5, 5.41) is 6.29. The van der Waals surface area contributed by atoms with Crippen LogP contribution in [0.3, 0.4) is 0 Å². The Bertz CT molecular complexity index is 1090. The predicted molar refractivity (Wildman–Crippen MR) is 130 cm³/mol. The minimum absolute atomic E-state index is 0.0163. The van der Waals surface area contributed by atoms with Crippen molar-refractivity contribution >= 4 is 29.6 Å². The minimum atomic E-state index is -0.701. The molecule has 2 unspecified atom stereocenters. The number of anilines is 1. The maximum Gasteiger partial charge on any atom is 0.176 e. The SMILES string of the molecule is Cc1cc(Cl)c(NCc2c(F)cc(OC3CNC3)cc2F)nc1/N=C/OC1CC[C@@H]2C(C)CO[C@H]12. The maximum atomic E-state index is 14.6. The van der Waals surface area contributed by atoms with Crippen LogP contribution < -0.4 is 15.4 Å². The molecule has 2 aliphatic heterocycles. The lowest BCUT2D eigenvalue weighted by atomic mass is 9.94. The van der Waals surface area contributed by atoms with E-state index >= 15 is 0 Å². The van der Waals surface area contributed by atoms with Crippen LogP contribution in [0.5, 0.6) is 5.75 Å². The number of nitrogens with zero attached hydrogens (tertiary/aromatic N) is 2. The molecule has 2 saturated heterocycles. The number of aryl methyl sites for hydroxylation is 1. The fourth-order valence-corrected chi connectivity index (χ4v) is 5.12. The van der Waals surface area contributed by atoms with Crippen LogP contribution in [0.15, 0.2) is 23.2 Å². The van der Waals surface area contributed by atoms with E-state index in [-0.39, 0.29) is 42.0 Å². The van der Waals surface area contributed by atoms with Crippen LogP contribution in [-0.4, -0.2) is 49.4 Å². The average molecular weight is 507 g/mol. The number of ether oxygens (including phenoxy) is 3. The van der Waals surface area contributed by atoms with Crippen LogP contribution >= 0.6 is 11.6 Å². The van der Waals surface area contributed by atoms with Gasteiger partial charge in [0.25, 0.3) is 0 Å². The summed E-state index contributed by atoms with van der Waals surface area (Å²) in [6.45, 7) is 6.00. The standard InChI is InChI=1S/C25H29ClF2N4O3/c1-13-5-19(26)25(30-10-18-20(27)6-15(7-21(18)28)35-16-8-29-9-16)32-24(13)31-12-34-22-4-3-17-14(2)11-33-23(17)22/h5-7,12,14,16-17,22-23,29H,3-4,8-11H2,1-2H3,(H,30,32)/b31-12+/t14?,17-,22?,23+/m1/s1. The number of fused-ring (bicyclic) bond motifs is 1. The zero-order valence-electron chi connectivity index (χ0n) is 19.7. The van der Waals surface area contributed by atoms with Crippen molar-refractivity contribution in [3.63, 3.8) is 0 Å². The average Bonchev–Trinajstić information content (AvgIpc) is 3.36. The van der Waals surface area contributed by atoms with Gasteiger partial charge in [-0.25, -0.2) is 18.8 Å². The van der Waals surface area contributed by atoms with E-state index in [1.54, 1.807) is 6.07 Å². The highest BCUT2D eigenvalue weighted by molar-refractivity contribution is 6.33. The number of benzene rings is 1. The summed E-state index contributed by atoms with van der Waals surface area (Å²) in [5.41, 5.74) is 0.622. The van der Waals surface area contributed by atoms with Gasteiger partial charge < -0.3 is 24.8 Å². The minimum Gasteiger partial charge on any atom is -0.488 e. The number of aromatic nitrogens is 1. The van der Waals surface area contributed by atoms with Crippen molar-refractivity contribution in [1.82, 2.24) is 10.3 Å². The lowest BCUT2D eigenvalue weighted by molar-refractivity contribution is 0.0165. The van der Waals surface area contributed by atoms with Crippen molar-refractivity contribution < 1.29 is 23.0 Å². The monoisotopic (exact) mass is 506 g/mol. The molecular formula is C25H29ClF2N4O3. The van der Waals surface area contributed by atoms with Crippen LogP contribution in [0.1, 0.15) is 30.9 Å². The quantitative estimate of drug-likeness (QED) is 0.396. The normalized spacial score (nSPS) is 26.1. The highest BCUT2D eigenvalue weighted by Crippen LogP contribution is 2.40. The van der Waals surface area contributed by atoms with E-state index in [2.05, 4.69) is 27.5 Å². The summed E-state index contributed by atoms with van der Waals surface area (Å²) in [7, 11) is 0. The van der Waals surface area contributed by atoms with Gasteiger partial charge >= 0.3 is 0 Å². The first kappa shape index (κ1) is 24.2. The Hall–Kier alpha value is -2.49. The van der Waals surface area contributed by atoms with Gasteiger partial charge in [0.15, 0.2) is 12.2 Å². The molecule has 0 bridgehead atoms. The fourth-order valence-electron chi connectivity index (χ4n) is 4.84. The molecule has 1 aromatic carbocycles. The van der Waals surface area contributed by atoms with Gasteiger partial charge in [0.05, 0.1) is 17.7 Å². The zero-order valence-corrected chi connectivity index (χ0v) is 20.4. The van der Waals surface area contributed by atoms with Crippen molar-refractivity contribution in [3.8, 4) is 5.75 Å². The molecule has 3 fully saturated rings. The highest BCUT2D eigenvalue weighted by Gasteiger charge is 2.45. The van der Waals surface area contributed by atoms with E-state index in [1.165, 1.54) is 18.5 Å². The molecule has 2 N–H and O–H groups in total. The molecule has 7 nitrogen and oxygen atoms in total. The molecule has 1 aliphatic carbocycles. The Labute approximate surface area is 208 Å². The van der Waals surface area contributed by atoms with Crippen molar-refractivity contribution in [2.75, 3.05) is 25.0 Å². The smallest absolute Gasteiger partial charge is 0.176 e. The van der Waals surface area contributed by atoms with Gasteiger partial charge in [0.1, 0.15) is 35.4 Å². The number of hydrogen-bond acceptors (Lipinski definition) is 7. The molecule has 35 heavy (non-hydrogen) atoms. The highest BCUT2D eigenvalue weighted by atomic mass is 35.5.